The molecule has 0 aromatic heterocycles. The maximum Gasteiger partial charge on any atom is 0.0863 e. The standard InChI is InChI=1S/C15H23N3O/c1-15(2,3)14-13-12-10(6-4-5-7-11(12)19)17-18(13)9-8-16-14/h4-6,11,14,16-17,19H,7-9H2,1-3H3. The van der Waals surface area contributed by atoms with Crippen LogP contribution in [0.15, 0.2) is 35.2 Å². The molecule has 2 aliphatic heterocycles. The van der Waals surface area contributed by atoms with Crippen molar-refractivity contribution in [1.82, 2.24) is 15.8 Å². The first-order valence-corrected chi connectivity index (χ1v) is 7.05. The molecule has 0 aromatic carbocycles. The van der Waals surface area contributed by atoms with Gasteiger partial charge in [-0.3, -0.25) is 10.4 Å². The van der Waals surface area contributed by atoms with Crippen molar-refractivity contribution in [1.29, 1.82) is 0 Å². The van der Waals surface area contributed by atoms with Gasteiger partial charge in [0.15, 0.2) is 0 Å². The third kappa shape index (κ3) is 2.09. The predicted molar refractivity (Wildman–Crippen MR) is 76.0 cm³/mol. The third-order valence-electron chi connectivity index (χ3n) is 4.03. The van der Waals surface area contributed by atoms with Gasteiger partial charge in [-0.15, -0.1) is 0 Å². The fourth-order valence-electron chi connectivity index (χ4n) is 3.14. The first-order chi connectivity index (χ1) is 8.98. The minimum absolute atomic E-state index is 0.123. The molecule has 2 unspecified atom stereocenters. The van der Waals surface area contributed by atoms with E-state index < -0.39 is 6.10 Å². The molecular formula is C15H23N3O. The van der Waals surface area contributed by atoms with Gasteiger partial charge < -0.3 is 10.4 Å². The lowest BCUT2D eigenvalue weighted by Gasteiger charge is -2.41. The molecule has 104 valence electrons. The van der Waals surface area contributed by atoms with Crippen LogP contribution in [0.2, 0.25) is 0 Å². The number of aliphatic hydroxyl groups is 1. The molecule has 0 aromatic rings. The van der Waals surface area contributed by atoms with E-state index in [9.17, 15) is 5.11 Å². The van der Waals surface area contributed by atoms with Crippen LogP contribution in [0.4, 0.5) is 0 Å². The zero-order chi connectivity index (χ0) is 13.6. The number of nitrogens with zero attached hydrogens (tertiary/aromatic N) is 1. The van der Waals surface area contributed by atoms with E-state index in [2.05, 4.69) is 42.6 Å². The van der Waals surface area contributed by atoms with E-state index >= 15 is 0 Å². The Morgan fingerprint density at radius 2 is 2.16 bits per heavy atom. The van der Waals surface area contributed by atoms with Crippen molar-refractivity contribution >= 4 is 0 Å². The Morgan fingerprint density at radius 1 is 1.37 bits per heavy atom. The lowest BCUT2D eigenvalue weighted by Crippen LogP contribution is -2.55. The average Bonchev–Trinajstić information content (AvgIpc) is 2.61. The van der Waals surface area contributed by atoms with Crippen LogP contribution in [0.5, 0.6) is 0 Å². The highest BCUT2D eigenvalue weighted by Crippen LogP contribution is 2.38. The average molecular weight is 261 g/mol. The third-order valence-corrected chi connectivity index (χ3v) is 4.03. The molecule has 3 N–H and O–H groups in total. The van der Waals surface area contributed by atoms with Crippen molar-refractivity contribution < 1.29 is 5.11 Å². The van der Waals surface area contributed by atoms with Crippen molar-refractivity contribution in [3.63, 3.8) is 0 Å². The Kier molecular flexibility index (Phi) is 2.95. The van der Waals surface area contributed by atoms with E-state index in [0.717, 1.165) is 24.4 Å². The zero-order valence-electron chi connectivity index (χ0n) is 11.9. The van der Waals surface area contributed by atoms with Crippen LogP contribution < -0.4 is 10.7 Å². The molecule has 1 saturated heterocycles. The summed E-state index contributed by atoms with van der Waals surface area (Å²) < 4.78 is 0. The number of hydrogen-bond acceptors (Lipinski definition) is 4. The van der Waals surface area contributed by atoms with Crippen LogP contribution in [0.3, 0.4) is 0 Å². The molecule has 2 atom stereocenters. The Bertz CT molecular complexity index is 470. The lowest BCUT2D eigenvalue weighted by atomic mass is 9.81. The minimum Gasteiger partial charge on any atom is -0.388 e. The Labute approximate surface area is 114 Å². The van der Waals surface area contributed by atoms with E-state index in [1.807, 2.05) is 12.2 Å². The molecule has 2 heterocycles. The zero-order valence-corrected chi connectivity index (χ0v) is 11.9. The second-order valence-electron chi connectivity index (χ2n) is 6.58. The van der Waals surface area contributed by atoms with Crippen molar-refractivity contribution in [3.05, 3.63) is 35.2 Å². The fraction of sp³-hybridized carbons (Fsp3) is 0.600. The maximum atomic E-state index is 10.4. The van der Waals surface area contributed by atoms with Crippen molar-refractivity contribution in [2.75, 3.05) is 13.1 Å². The van der Waals surface area contributed by atoms with E-state index in [4.69, 9.17) is 0 Å². The molecule has 19 heavy (non-hydrogen) atoms. The molecule has 3 rings (SSSR count). The first kappa shape index (κ1) is 12.8. The molecule has 0 spiro atoms. The Morgan fingerprint density at radius 3 is 2.89 bits per heavy atom. The van der Waals surface area contributed by atoms with E-state index in [1.165, 1.54) is 5.70 Å². The van der Waals surface area contributed by atoms with Gasteiger partial charge in [-0.25, -0.2) is 0 Å². The minimum atomic E-state index is -0.415. The molecule has 0 saturated carbocycles. The summed E-state index contributed by atoms with van der Waals surface area (Å²) in [7, 11) is 0. The van der Waals surface area contributed by atoms with Crippen LogP contribution >= 0.6 is 0 Å². The van der Waals surface area contributed by atoms with Gasteiger partial charge in [-0.1, -0.05) is 32.9 Å². The van der Waals surface area contributed by atoms with E-state index in [0.29, 0.717) is 6.42 Å². The highest BCUT2D eigenvalue weighted by Gasteiger charge is 2.41. The molecular weight excluding hydrogens is 238 g/mol. The van der Waals surface area contributed by atoms with Gasteiger partial charge in [0, 0.05) is 12.1 Å². The Balaban J connectivity index is 2.09. The molecule has 0 bridgehead atoms. The van der Waals surface area contributed by atoms with Crippen LogP contribution in [0.1, 0.15) is 27.2 Å². The van der Waals surface area contributed by atoms with Crippen LogP contribution in [0, 0.1) is 5.41 Å². The smallest absolute Gasteiger partial charge is 0.0863 e. The summed E-state index contributed by atoms with van der Waals surface area (Å²) in [6.07, 6.45) is 6.39. The van der Waals surface area contributed by atoms with Crippen molar-refractivity contribution in [2.45, 2.75) is 39.3 Å². The summed E-state index contributed by atoms with van der Waals surface area (Å²) in [6.45, 7) is 8.62. The quantitative estimate of drug-likeness (QED) is 0.615. The fourth-order valence-corrected chi connectivity index (χ4v) is 3.14. The topological polar surface area (TPSA) is 47.5 Å². The maximum absolute atomic E-state index is 10.4. The highest BCUT2D eigenvalue weighted by molar-refractivity contribution is 5.47. The van der Waals surface area contributed by atoms with Gasteiger partial charge in [-0.2, -0.15) is 0 Å². The Hall–Kier alpha value is -1.26. The van der Waals surface area contributed by atoms with Gasteiger partial charge in [0.2, 0.25) is 0 Å². The number of allylic oxidation sites excluding steroid dienone is 2. The van der Waals surface area contributed by atoms with Crippen LogP contribution in [-0.2, 0) is 0 Å². The summed E-state index contributed by atoms with van der Waals surface area (Å²) in [6, 6.07) is 0.266. The summed E-state index contributed by atoms with van der Waals surface area (Å²) in [5.41, 5.74) is 6.90. The van der Waals surface area contributed by atoms with Gasteiger partial charge in [0.25, 0.3) is 0 Å². The number of nitrogens with one attached hydrogen (secondary N) is 2. The van der Waals surface area contributed by atoms with Crippen LogP contribution in [0.25, 0.3) is 0 Å². The van der Waals surface area contributed by atoms with E-state index in [1.54, 1.807) is 0 Å². The monoisotopic (exact) mass is 261 g/mol. The second kappa shape index (κ2) is 4.39. The summed E-state index contributed by atoms with van der Waals surface area (Å²) in [5, 5.41) is 16.2. The number of hydrazine groups is 1. The number of piperazine rings is 1. The van der Waals surface area contributed by atoms with Gasteiger partial charge in [-0.05, 0) is 17.9 Å². The predicted octanol–water partition coefficient (Wildman–Crippen LogP) is 1.28. The SMILES string of the molecule is CC(C)(C)C1NCCN2NC3=CC=CCC(O)C3=C12. The normalized spacial score (nSPS) is 30.5. The summed E-state index contributed by atoms with van der Waals surface area (Å²) in [4.78, 5) is 0. The molecule has 3 aliphatic rings. The largest absolute Gasteiger partial charge is 0.388 e. The van der Waals surface area contributed by atoms with Gasteiger partial charge in [0.05, 0.1) is 30.1 Å². The van der Waals surface area contributed by atoms with Crippen LogP contribution in [-0.4, -0.2) is 35.4 Å². The molecule has 1 aliphatic carbocycles. The highest BCUT2D eigenvalue weighted by atomic mass is 16.3. The van der Waals surface area contributed by atoms with Gasteiger partial charge in [0.1, 0.15) is 0 Å². The van der Waals surface area contributed by atoms with Gasteiger partial charge >= 0.3 is 0 Å². The van der Waals surface area contributed by atoms with E-state index in [-0.39, 0.29) is 11.5 Å². The molecule has 4 nitrogen and oxygen atoms in total. The summed E-state index contributed by atoms with van der Waals surface area (Å²) >= 11 is 0. The summed E-state index contributed by atoms with van der Waals surface area (Å²) in [5.74, 6) is 0. The first-order valence-electron chi connectivity index (χ1n) is 7.05. The molecule has 0 radical (unpaired) electrons. The number of fused-ring (bicyclic) bond motifs is 2. The lowest BCUT2D eigenvalue weighted by molar-refractivity contribution is 0.167. The number of aliphatic hydroxyl groups excluding tert-OH is 1. The molecule has 4 heteroatoms. The second-order valence-corrected chi connectivity index (χ2v) is 6.58. The molecule has 0 amide bonds. The van der Waals surface area contributed by atoms with Crippen molar-refractivity contribution in [2.24, 2.45) is 5.41 Å². The number of rotatable bonds is 0. The van der Waals surface area contributed by atoms with Crippen molar-refractivity contribution in [3.8, 4) is 0 Å². The number of hydrogen-bond donors (Lipinski definition) is 3. The molecule has 1 fully saturated rings.